The van der Waals surface area contributed by atoms with Gasteiger partial charge >= 0.3 is 0 Å². The average molecular weight is 271 g/mol. The van der Waals surface area contributed by atoms with Crippen LogP contribution in [0.2, 0.25) is 0 Å². The molecule has 0 aliphatic heterocycles. The lowest BCUT2D eigenvalue weighted by Crippen LogP contribution is -2.19. The number of rotatable bonds is 4. The summed E-state index contributed by atoms with van der Waals surface area (Å²) >= 11 is 0. The van der Waals surface area contributed by atoms with Gasteiger partial charge in [-0.3, -0.25) is 0 Å². The molecule has 0 bridgehead atoms. The summed E-state index contributed by atoms with van der Waals surface area (Å²) in [6, 6.07) is 11.9. The number of hydrogen-bond acceptors (Lipinski definition) is 1. The Morgan fingerprint density at radius 2 is 1.75 bits per heavy atom. The topological polar surface area (TPSA) is 12.0 Å². The summed E-state index contributed by atoms with van der Waals surface area (Å²) in [5, 5.41) is 3.30. The maximum atomic E-state index is 13.6. The van der Waals surface area contributed by atoms with Crippen molar-refractivity contribution in [1.29, 1.82) is 0 Å². The third-order valence-electron chi connectivity index (χ3n) is 3.74. The number of hydrogen-bond donors (Lipinski definition) is 1. The van der Waals surface area contributed by atoms with E-state index < -0.39 is 0 Å². The highest BCUT2D eigenvalue weighted by atomic mass is 19.1. The zero-order valence-corrected chi connectivity index (χ0v) is 12.6. The Hall–Kier alpha value is -1.67. The van der Waals surface area contributed by atoms with E-state index in [0.29, 0.717) is 0 Å². The van der Waals surface area contributed by atoms with Gasteiger partial charge in [0.2, 0.25) is 0 Å². The number of halogens is 1. The number of nitrogens with one attached hydrogen (secondary N) is 1. The molecule has 0 aliphatic carbocycles. The first-order valence-electron chi connectivity index (χ1n) is 7.00. The molecular weight excluding hydrogens is 249 g/mol. The summed E-state index contributed by atoms with van der Waals surface area (Å²) in [6.07, 6.45) is 0.868. The van der Waals surface area contributed by atoms with Crippen molar-refractivity contribution in [3.63, 3.8) is 0 Å². The SMILES string of the molecule is CNC(Cc1cc(C)ccc1C)c1cc(C)cc(F)c1. The second-order valence-electron chi connectivity index (χ2n) is 5.54. The van der Waals surface area contributed by atoms with E-state index >= 15 is 0 Å². The maximum absolute atomic E-state index is 13.6. The Kier molecular flexibility index (Phi) is 4.56. The zero-order chi connectivity index (χ0) is 14.7. The molecule has 1 N–H and O–H groups in total. The van der Waals surface area contributed by atoms with Gasteiger partial charge in [-0.1, -0.05) is 29.8 Å². The predicted octanol–water partition coefficient (Wildman–Crippen LogP) is 4.25. The van der Waals surface area contributed by atoms with Gasteiger partial charge in [-0.2, -0.15) is 0 Å². The molecule has 0 aliphatic rings. The smallest absolute Gasteiger partial charge is 0.123 e. The molecule has 1 nitrogen and oxygen atoms in total. The van der Waals surface area contributed by atoms with Gasteiger partial charge in [0.05, 0.1) is 0 Å². The minimum atomic E-state index is -0.166. The van der Waals surface area contributed by atoms with Gasteiger partial charge in [0.1, 0.15) is 5.82 Å². The zero-order valence-electron chi connectivity index (χ0n) is 12.6. The first-order valence-corrected chi connectivity index (χ1v) is 7.00. The quantitative estimate of drug-likeness (QED) is 0.876. The van der Waals surface area contributed by atoms with Gasteiger partial charge in [-0.25, -0.2) is 4.39 Å². The van der Waals surface area contributed by atoms with Crippen LogP contribution in [0.4, 0.5) is 4.39 Å². The molecule has 106 valence electrons. The lowest BCUT2D eigenvalue weighted by Gasteiger charge is -2.19. The van der Waals surface area contributed by atoms with Crippen LogP contribution in [0.15, 0.2) is 36.4 Å². The molecule has 0 aromatic heterocycles. The molecule has 20 heavy (non-hydrogen) atoms. The molecule has 0 saturated carbocycles. The molecule has 2 aromatic rings. The first kappa shape index (κ1) is 14.7. The molecule has 0 fully saturated rings. The minimum absolute atomic E-state index is 0.130. The van der Waals surface area contributed by atoms with Crippen LogP contribution >= 0.6 is 0 Å². The largest absolute Gasteiger partial charge is 0.313 e. The van der Waals surface area contributed by atoms with Crippen LogP contribution in [-0.4, -0.2) is 7.05 Å². The summed E-state index contributed by atoms with van der Waals surface area (Å²) in [7, 11) is 1.93. The van der Waals surface area contributed by atoms with Crippen molar-refractivity contribution < 1.29 is 4.39 Å². The van der Waals surface area contributed by atoms with Crippen LogP contribution in [0.3, 0.4) is 0 Å². The highest BCUT2D eigenvalue weighted by Gasteiger charge is 2.13. The fourth-order valence-electron chi connectivity index (χ4n) is 2.59. The standard InChI is InChI=1S/C18H22FN/c1-12-5-6-14(3)15(7-12)11-18(20-4)16-8-13(2)9-17(19)10-16/h5-10,18,20H,11H2,1-4H3. The Balaban J connectivity index is 2.30. The highest BCUT2D eigenvalue weighted by Crippen LogP contribution is 2.23. The normalized spacial score (nSPS) is 12.4. The molecular formula is C18H22FN. The number of aryl methyl sites for hydroxylation is 3. The van der Waals surface area contributed by atoms with Crippen LogP contribution < -0.4 is 5.32 Å². The molecule has 2 rings (SSSR count). The fraction of sp³-hybridized carbons (Fsp3) is 0.333. The van der Waals surface area contributed by atoms with Gasteiger partial charge in [-0.15, -0.1) is 0 Å². The van der Waals surface area contributed by atoms with Crippen molar-refractivity contribution >= 4 is 0 Å². The van der Waals surface area contributed by atoms with Gasteiger partial charge in [0.25, 0.3) is 0 Å². The van der Waals surface area contributed by atoms with Gasteiger partial charge in [0.15, 0.2) is 0 Å². The van der Waals surface area contributed by atoms with Gasteiger partial charge in [0, 0.05) is 6.04 Å². The lowest BCUT2D eigenvalue weighted by atomic mass is 9.94. The third-order valence-corrected chi connectivity index (χ3v) is 3.74. The van der Waals surface area contributed by atoms with Crippen molar-refractivity contribution in [3.05, 3.63) is 70.0 Å². The van der Waals surface area contributed by atoms with Gasteiger partial charge in [-0.05, 0) is 68.6 Å². The molecule has 0 heterocycles. The van der Waals surface area contributed by atoms with E-state index in [2.05, 4.69) is 43.4 Å². The van der Waals surface area contributed by atoms with E-state index in [1.165, 1.54) is 16.7 Å². The Morgan fingerprint density at radius 1 is 1.00 bits per heavy atom. The van der Waals surface area contributed by atoms with Crippen molar-refractivity contribution in [2.24, 2.45) is 0 Å². The van der Waals surface area contributed by atoms with Crippen molar-refractivity contribution in [2.45, 2.75) is 33.2 Å². The van der Waals surface area contributed by atoms with E-state index in [9.17, 15) is 4.39 Å². The van der Waals surface area contributed by atoms with Crippen molar-refractivity contribution in [3.8, 4) is 0 Å². The maximum Gasteiger partial charge on any atom is 0.123 e. The molecule has 0 spiro atoms. The van der Waals surface area contributed by atoms with Crippen LogP contribution in [0.25, 0.3) is 0 Å². The van der Waals surface area contributed by atoms with Crippen LogP contribution in [0.5, 0.6) is 0 Å². The summed E-state index contributed by atoms with van der Waals surface area (Å²) in [6.45, 7) is 6.15. The number of benzene rings is 2. The minimum Gasteiger partial charge on any atom is -0.313 e. The molecule has 2 heteroatoms. The van der Waals surface area contributed by atoms with Crippen LogP contribution in [-0.2, 0) is 6.42 Å². The summed E-state index contributed by atoms with van der Waals surface area (Å²) in [5.41, 5.74) is 5.82. The number of likely N-dealkylation sites (N-methyl/N-ethyl adjacent to an activating group) is 1. The summed E-state index contributed by atoms with van der Waals surface area (Å²) in [5.74, 6) is -0.166. The lowest BCUT2D eigenvalue weighted by molar-refractivity contribution is 0.575. The van der Waals surface area contributed by atoms with E-state index in [1.54, 1.807) is 12.1 Å². The second-order valence-corrected chi connectivity index (χ2v) is 5.54. The Morgan fingerprint density at radius 3 is 2.40 bits per heavy atom. The predicted molar refractivity (Wildman–Crippen MR) is 82.6 cm³/mol. The average Bonchev–Trinajstić information content (AvgIpc) is 2.38. The first-order chi connectivity index (χ1) is 9.49. The Bertz CT molecular complexity index is 584. The van der Waals surface area contributed by atoms with E-state index in [1.807, 2.05) is 14.0 Å². The second kappa shape index (κ2) is 6.19. The monoisotopic (exact) mass is 271 g/mol. The summed E-state index contributed by atoms with van der Waals surface area (Å²) < 4.78 is 13.6. The Labute approximate surface area is 120 Å². The fourth-order valence-corrected chi connectivity index (χ4v) is 2.59. The van der Waals surface area contributed by atoms with E-state index in [-0.39, 0.29) is 11.9 Å². The third kappa shape index (κ3) is 3.45. The molecule has 0 saturated heterocycles. The molecule has 1 unspecified atom stereocenters. The molecule has 2 aromatic carbocycles. The van der Waals surface area contributed by atoms with Gasteiger partial charge < -0.3 is 5.32 Å². The highest BCUT2D eigenvalue weighted by molar-refractivity contribution is 5.33. The van der Waals surface area contributed by atoms with E-state index in [0.717, 1.165) is 17.5 Å². The molecule has 1 atom stereocenters. The van der Waals surface area contributed by atoms with Crippen molar-refractivity contribution in [1.82, 2.24) is 5.32 Å². The van der Waals surface area contributed by atoms with Crippen LogP contribution in [0, 0.1) is 26.6 Å². The van der Waals surface area contributed by atoms with Crippen LogP contribution in [0.1, 0.15) is 33.9 Å². The molecule has 0 amide bonds. The van der Waals surface area contributed by atoms with E-state index in [4.69, 9.17) is 0 Å². The van der Waals surface area contributed by atoms with Crippen molar-refractivity contribution in [2.75, 3.05) is 7.05 Å². The summed E-state index contributed by atoms with van der Waals surface area (Å²) in [4.78, 5) is 0. The molecule has 0 radical (unpaired) electrons.